The van der Waals surface area contributed by atoms with Gasteiger partial charge in [0.15, 0.2) is 0 Å². The number of ketones is 1. The lowest BCUT2D eigenvalue weighted by molar-refractivity contribution is -0.126. The number of nitrogens with one attached hydrogen (secondary N) is 1. The quantitative estimate of drug-likeness (QED) is 0.789. The molecule has 0 radical (unpaired) electrons. The van der Waals surface area contributed by atoms with Gasteiger partial charge in [-0.2, -0.15) is 0 Å². The molecule has 0 fully saturated rings. The fourth-order valence-electron chi connectivity index (χ4n) is 2.17. The molecule has 0 aliphatic carbocycles. The molecule has 0 aliphatic heterocycles. The molecule has 1 atom stereocenters. The highest BCUT2D eigenvalue weighted by atomic mass is 35.5. The molecule has 0 bridgehead atoms. The standard InChI is InChI=1S/C19H22ClNO/c1-19(2,3)18(22)13-17(14-9-11-15(20)12-10-14)21-16-7-5-4-6-8-16/h4-12,17,21H,13H2,1-3H3/t17-/m1/s1. The van der Waals surface area contributed by atoms with E-state index < -0.39 is 0 Å². The first-order valence-electron chi connectivity index (χ1n) is 7.46. The van der Waals surface area contributed by atoms with Crippen LogP contribution in [0, 0.1) is 5.41 Å². The fourth-order valence-corrected chi connectivity index (χ4v) is 2.30. The number of hydrogen-bond donors (Lipinski definition) is 1. The molecule has 0 unspecified atom stereocenters. The topological polar surface area (TPSA) is 29.1 Å². The number of carbonyl (C=O) groups is 1. The van der Waals surface area contributed by atoms with E-state index in [1.807, 2.05) is 75.4 Å². The summed E-state index contributed by atoms with van der Waals surface area (Å²) in [5, 5.41) is 4.15. The van der Waals surface area contributed by atoms with Crippen LogP contribution in [0.5, 0.6) is 0 Å². The zero-order valence-corrected chi connectivity index (χ0v) is 14.0. The van der Waals surface area contributed by atoms with Gasteiger partial charge in [0.05, 0.1) is 6.04 Å². The van der Waals surface area contributed by atoms with Gasteiger partial charge in [0.25, 0.3) is 0 Å². The first-order valence-corrected chi connectivity index (χ1v) is 7.84. The van der Waals surface area contributed by atoms with E-state index >= 15 is 0 Å². The monoisotopic (exact) mass is 315 g/mol. The summed E-state index contributed by atoms with van der Waals surface area (Å²) in [4.78, 5) is 12.4. The minimum Gasteiger partial charge on any atom is -0.378 e. The van der Waals surface area contributed by atoms with E-state index in [9.17, 15) is 4.79 Å². The normalized spacial score (nSPS) is 12.7. The number of carbonyl (C=O) groups excluding carboxylic acids is 1. The molecule has 22 heavy (non-hydrogen) atoms. The van der Waals surface area contributed by atoms with Crippen molar-refractivity contribution in [3.05, 3.63) is 65.2 Å². The molecule has 0 amide bonds. The Balaban J connectivity index is 2.24. The van der Waals surface area contributed by atoms with Crippen LogP contribution in [0.15, 0.2) is 54.6 Å². The Hall–Kier alpha value is -1.80. The maximum absolute atomic E-state index is 12.4. The molecule has 2 aromatic rings. The minimum absolute atomic E-state index is 0.0635. The van der Waals surface area contributed by atoms with Crippen molar-refractivity contribution in [1.82, 2.24) is 0 Å². The summed E-state index contributed by atoms with van der Waals surface area (Å²) in [5.74, 6) is 0.232. The van der Waals surface area contributed by atoms with Gasteiger partial charge in [-0.15, -0.1) is 0 Å². The van der Waals surface area contributed by atoms with E-state index in [0.29, 0.717) is 11.4 Å². The van der Waals surface area contributed by atoms with Crippen LogP contribution in [0.1, 0.15) is 38.8 Å². The van der Waals surface area contributed by atoms with Crippen molar-refractivity contribution in [1.29, 1.82) is 0 Å². The molecule has 2 aromatic carbocycles. The third-order valence-electron chi connectivity index (χ3n) is 3.61. The molecular weight excluding hydrogens is 294 g/mol. The maximum atomic E-state index is 12.4. The third-order valence-corrected chi connectivity index (χ3v) is 3.87. The SMILES string of the molecule is CC(C)(C)C(=O)C[C@@H](Nc1ccccc1)c1ccc(Cl)cc1. The van der Waals surface area contributed by atoms with Gasteiger partial charge in [-0.1, -0.05) is 62.7 Å². The molecule has 2 nitrogen and oxygen atoms in total. The molecule has 0 heterocycles. The van der Waals surface area contributed by atoms with E-state index in [1.54, 1.807) is 0 Å². The summed E-state index contributed by atoms with van der Waals surface area (Å²) in [6, 6.07) is 17.5. The average molecular weight is 316 g/mol. The second kappa shape index (κ2) is 6.97. The van der Waals surface area contributed by atoms with Gasteiger partial charge in [-0.3, -0.25) is 4.79 Å². The Labute approximate surface area is 137 Å². The zero-order valence-electron chi connectivity index (χ0n) is 13.3. The number of halogens is 1. The zero-order chi connectivity index (χ0) is 16.2. The number of rotatable bonds is 5. The van der Waals surface area contributed by atoms with E-state index in [4.69, 9.17) is 11.6 Å². The van der Waals surface area contributed by atoms with Crippen molar-refractivity contribution < 1.29 is 4.79 Å². The lowest BCUT2D eigenvalue weighted by Crippen LogP contribution is -2.25. The number of anilines is 1. The fraction of sp³-hybridized carbons (Fsp3) is 0.316. The van der Waals surface area contributed by atoms with Crippen molar-refractivity contribution in [2.75, 3.05) is 5.32 Å². The predicted octanol–water partition coefficient (Wildman–Crippen LogP) is 5.50. The summed E-state index contributed by atoms with van der Waals surface area (Å²) >= 11 is 5.97. The smallest absolute Gasteiger partial charge is 0.140 e. The molecule has 2 rings (SSSR count). The van der Waals surface area contributed by atoms with Gasteiger partial charge in [-0.25, -0.2) is 0 Å². The molecule has 1 N–H and O–H groups in total. The van der Waals surface area contributed by atoms with Crippen molar-refractivity contribution in [3.63, 3.8) is 0 Å². The summed E-state index contributed by atoms with van der Waals surface area (Å²) in [5.41, 5.74) is 1.72. The van der Waals surface area contributed by atoms with Crippen molar-refractivity contribution in [3.8, 4) is 0 Å². The van der Waals surface area contributed by atoms with Gasteiger partial charge < -0.3 is 5.32 Å². The average Bonchev–Trinajstić information content (AvgIpc) is 2.47. The van der Waals surface area contributed by atoms with Gasteiger partial charge in [0.2, 0.25) is 0 Å². The first-order chi connectivity index (χ1) is 10.4. The lowest BCUT2D eigenvalue weighted by Gasteiger charge is -2.24. The van der Waals surface area contributed by atoms with Crippen molar-refractivity contribution in [2.45, 2.75) is 33.2 Å². The summed E-state index contributed by atoms with van der Waals surface area (Å²) in [7, 11) is 0. The molecule has 0 aliphatic rings. The lowest BCUT2D eigenvalue weighted by atomic mass is 9.85. The Morgan fingerprint density at radius 1 is 1.05 bits per heavy atom. The van der Waals surface area contributed by atoms with Gasteiger partial charge >= 0.3 is 0 Å². The minimum atomic E-state index is -0.344. The van der Waals surface area contributed by atoms with Crippen molar-refractivity contribution in [2.24, 2.45) is 5.41 Å². The van der Waals surface area contributed by atoms with E-state index in [-0.39, 0.29) is 17.2 Å². The van der Waals surface area contributed by atoms with Crippen LogP contribution < -0.4 is 5.32 Å². The second-order valence-electron chi connectivity index (χ2n) is 6.49. The maximum Gasteiger partial charge on any atom is 0.140 e. The summed E-state index contributed by atoms with van der Waals surface area (Å²) in [6.07, 6.45) is 0.444. The van der Waals surface area contributed by atoms with Crippen LogP contribution in [0.2, 0.25) is 5.02 Å². The van der Waals surface area contributed by atoms with Crippen LogP contribution in [0.3, 0.4) is 0 Å². The molecule has 116 valence electrons. The van der Waals surface area contributed by atoms with Crippen molar-refractivity contribution >= 4 is 23.1 Å². The van der Waals surface area contributed by atoms with Crippen LogP contribution >= 0.6 is 11.6 Å². The van der Waals surface area contributed by atoms with Crippen LogP contribution in [0.4, 0.5) is 5.69 Å². The highest BCUT2D eigenvalue weighted by Crippen LogP contribution is 2.28. The predicted molar refractivity (Wildman–Crippen MR) is 93.3 cm³/mol. The Bertz CT molecular complexity index is 614. The molecule has 0 saturated heterocycles. The largest absolute Gasteiger partial charge is 0.378 e. The molecule has 3 heteroatoms. The number of para-hydroxylation sites is 1. The summed E-state index contributed by atoms with van der Waals surface area (Å²) < 4.78 is 0. The number of hydrogen-bond acceptors (Lipinski definition) is 2. The Kier molecular flexibility index (Phi) is 5.25. The Morgan fingerprint density at radius 2 is 1.64 bits per heavy atom. The van der Waals surface area contributed by atoms with Gasteiger partial charge in [0.1, 0.15) is 5.78 Å². The second-order valence-corrected chi connectivity index (χ2v) is 6.93. The molecule has 0 saturated carbocycles. The highest BCUT2D eigenvalue weighted by Gasteiger charge is 2.25. The molecule has 0 spiro atoms. The van der Waals surface area contributed by atoms with Crippen LogP contribution in [0.25, 0.3) is 0 Å². The first kappa shape index (κ1) is 16.6. The molecular formula is C19H22ClNO. The van der Waals surface area contributed by atoms with Crippen LogP contribution in [-0.4, -0.2) is 5.78 Å². The number of Topliss-reactive ketones (excluding diaryl/α,β-unsaturated/α-hetero) is 1. The number of benzene rings is 2. The Morgan fingerprint density at radius 3 is 2.18 bits per heavy atom. The van der Waals surface area contributed by atoms with Gasteiger partial charge in [-0.05, 0) is 29.8 Å². The molecule has 0 aromatic heterocycles. The van der Waals surface area contributed by atoms with E-state index in [1.165, 1.54) is 0 Å². The van der Waals surface area contributed by atoms with Gasteiger partial charge in [0, 0.05) is 22.5 Å². The van der Waals surface area contributed by atoms with E-state index in [0.717, 1.165) is 11.3 Å². The third kappa shape index (κ3) is 4.60. The highest BCUT2D eigenvalue weighted by molar-refractivity contribution is 6.30. The summed E-state index contributed by atoms with van der Waals surface area (Å²) in [6.45, 7) is 5.87. The van der Waals surface area contributed by atoms with Crippen LogP contribution in [-0.2, 0) is 4.79 Å². The van der Waals surface area contributed by atoms with E-state index in [2.05, 4.69) is 5.32 Å².